The molecule has 0 aliphatic rings. The Morgan fingerprint density at radius 2 is 1.69 bits per heavy atom. The molecule has 0 fully saturated rings. The van der Waals surface area contributed by atoms with Gasteiger partial charge in [0.05, 0.1) is 0 Å². The van der Waals surface area contributed by atoms with Gasteiger partial charge in [-0.3, -0.25) is 4.79 Å². The van der Waals surface area contributed by atoms with E-state index in [2.05, 4.69) is 15.5 Å². The van der Waals surface area contributed by atoms with Gasteiger partial charge in [0.1, 0.15) is 24.0 Å². The average molecular weight is 435 g/mol. The number of aromatic nitrogens is 2. The van der Waals surface area contributed by atoms with Gasteiger partial charge < -0.3 is 14.6 Å². The minimum atomic E-state index is -0.348. The van der Waals surface area contributed by atoms with Gasteiger partial charge in [0.25, 0.3) is 0 Å². The largest absolute Gasteiger partial charge is 0.489 e. The number of aryl methyl sites for hydroxylation is 1. The summed E-state index contributed by atoms with van der Waals surface area (Å²) < 4.78 is 36.9. The highest BCUT2D eigenvalue weighted by Gasteiger charge is 2.11. The minimum Gasteiger partial charge on any atom is -0.489 e. The third kappa shape index (κ3) is 5.75. The first-order chi connectivity index (χ1) is 15.5. The maximum Gasteiger partial charge on any atom is 0.227 e. The van der Waals surface area contributed by atoms with E-state index in [1.165, 1.54) is 24.3 Å². The molecule has 8 heteroatoms. The Morgan fingerprint density at radius 1 is 0.969 bits per heavy atom. The summed E-state index contributed by atoms with van der Waals surface area (Å²) in [6.45, 7) is 0.283. The van der Waals surface area contributed by atoms with Gasteiger partial charge in [-0.05, 0) is 54.1 Å². The molecule has 0 unspecified atom stereocenters. The Morgan fingerprint density at radius 3 is 2.44 bits per heavy atom. The predicted octanol–water partition coefficient (Wildman–Crippen LogP) is 5.17. The molecular formula is C24H19F2N3O3. The summed E-state index contributed by atoms with van der Waals surface area (Å²) in [4.78, 5) is 16.5. The highest BCUT2D eigenvalue weighted by molar-refractivity contribution is 5.90. The zero-order valence-electron chi connectivity index (χ0n) is 16.9. The molecule has 0 aliphatic heterocycles. The number of anilines is 1. The van der Waals surface area contributed by atoms with E-state index in [9.17, 15) is 13.6 Å². The summed E-state index contributed by atoms with van der Waals surface area (Å²) in [6, 6.07) is 18.8. The number of hydrogen-bond acceptors (Lipinski definition) is 5. The number of nitrogens with zero attached hydrogens (tertiary/aromatic N) is 2. The molecule has 162 valence electrons. The molecule has 4 aromatic rings. The van der Waals surface area contributed by atoms with Crippen LogP contribution in [0.25, 0.3) is 11.4 Å². The van der Waals surface area contributed by atoms with Gasteiger partial charge in [-0.25, -0.2) is 8.78 Å². The molecule has 1 amide bonds. The molecule has 0 atom stereocenters. The maximum atomic E-state index is 13.0. The van der Waals surface area contributed by atoms with Crippen molar-refractivity contribution in [2.75, 3.05) is 5.32 Å². The number of carbonyl (C=O) groups is 1. The quantitative estimate of drug-likeness (QED) is 0.413. The summed E-state index contributed by atoms with van der Waals surface area (Å²) in [5.41, 5.74) is 2.05. The van der Waals surface area contributed by atoms with Gasteiger partial charge >= 0.3 is 0 Å². The number of halogens is 2. The van der Waals surface area contributed by atoms with Crippen molar-refractivity contribution in [2.45, 2.75) is 19.4 Å². The van der Waals surface area contributed by atoms with Crippen molar-refractivity contribution in [3.8, 4) is 17.1 Å². The standard InChI is InChI=1S/C24H19F2N3O3/c25-18-8-4-16(5-9-18)15-31-21-3-1-2-20(14-21)27-22(30)12-13-23-28-24(29-32-23)17-6-10-19(26)11-7-17/h1-11,14H,12-13,15H2,(H,27,30). The molecule has 4 rings (SSSR count). The molecule has 32 heavy (non-hydrogen) atoms. The predicted molar refractivity (Wildman–Crippen MR) is 114 cm³/mol. The molecule has 0 aliphatic carbocycles. The van der Waals surface area contributed by atoms with Crippen molar-refractivity contribution < 1.29 is 22.8 Å². The molecule has 1 heterocycles. The van der Waals surface area contributed by atoms with Crippen LogP contribution in [0, 0.1) is 11.6 Å². The van der Waals surface area contributed by atoms with Crippen LogP contribution < -0.4 is 10.1 Å². The molecule has 1 N–H and O–H groups in total. The van der Waals surface area contributed by atoms with Crippen LogP contribution in [0.1, 0.15) is 17.9 Å². The topological polar surface area (TPSA) is 77.2 Å². The van der Waals surface area contributed by atoms with Crippen LogP contribution in [0.2, 0.25) is 0 Å². The van der Waals surface area contributed by atoms with Gasteiger partial charge in [-0.1, -0.05) is 23.4 Å². The fourth-order valence-electron chi connectivity index (χ4n) is 2.93. The molecule has 0 saturated heterocycles. The fourth-order valence-corrected chi connectivity index (χ4v) is 2.93. The number of carbonyl (C=O) groups excluding carboxylic acids is 1. The van der Waals surface area contributed by atoms with E-state index in [1.54, 1.807) is 48.5 Å². The second kappa shape index (κ2) is 9.82. The molecule has 3 aromatic carbocycles. The van der Waals surface area contributed by atoms with E-state index in [0.29, 0.717) is 28.7 Å². The van der Waals surface area contributed by atoms with Crippen molar-refractivity contribution in [1.29, 1.82) is 0 Å². The van der Waals surface area contributed by atoms with Crippen LogP contribution >= 0.6 is 0 Å². The van der Waals surface area contributed by atoms with Crippen LogP contribution in [0.3, 0.4) is 0 Å². The van der Waals surface area contributed by atoms with Gasteiger partial charge in [0, 0.05) is 30.2 Å². The summed E-state index contributed by atoms with van der Waals surface area (Å²) in [7, 11) is 0. The van der Waals surface area contributed by atoms with Crippen molar-refractivity contribution >= 4 is 11.6 Å². The van der Waals surface area contributed by atoms with Crippen molar-refractivity contribution in [1.82, 2.24) is 10.1 Å². The summed E-state index contributed by atoms with van der Waals surface area (Å²) in [5.74, 6) is 0.363. The number of amides is 1. The van der Waals surface area contributed by atoms with Crippen LogP contribution in [0.15, 0.2) is 77.3 Å². The maximum absolute atomic E-state index is 13.0. The Hall–Kier alpha value is -4.07. The highest BCUT2D eigenvalue weighted by Crippen LogP contribution is 2.20. The van der Waals surface area contributed by atoms with Crippen molar-refractivity contribution in [2.24, 2.45) is 0 Å². The lowest BCUT2D eigenvalue weighted by Crippen LogP contribution is -2.12. The van der Waals surface area contributed by atoms with Gasteiger partial charge in [-0.15, -0.1) is 0 Å². The summed E-state index contributed by atoms with van der Waals surface area (Å²) in [5, 5.41) is 6.67. The number of hydrogen-bond donors (Lipinski definition) is 1. The smallest absolute Gasteiger partial charge is 0.227 e. The molecule has 0 saturated carbocycles. The van der Waals surface area contributed by atoms with E-state index in [4.69, 9.17) is 9.26 Å². The first-order valence-corrected chi connectivity index (χ1v) is 9.91. The van der Waals surface area contributed by atoms with Gasteiger partial charge in [-0.2, -0.15) is 4.98 Å². The minimum absolute atomic E-state index is 0.145. The van der Waals surface area contributed by atoms with E-state index >= 15 is 0 Å². The van der Waals surface area contributed by atoms with Crippen LogP contribution in [0.4, 0.5) is 14.5 Å². The second-order valence-corrected chi connectivity index (χ2v) is 7.01. The number of benzene rings is 3. The van der Waals surface area contributed by atoms with Crippen LogP contribution in [-0.2, 0) is 17.8 Å². The molecule has 0 spiro atoms. The number of rotatable bonds is 8. The number of nitrogens with one attached hydrogen (secondary N) is 1. The molecule has 0 bridgehead atoms. The van der Waals surface area contributed by atoms with Crippen molar-refractivity contribution in [3.05, 3.63) is 95.9 Å². The van der Waals surface area contributed by atoms with Crippen LogP contribution in [0.5, 0.6) is 5.75 Å². The average Bonchev–Trinajstić information content (AvgIpc) is 3.27. The highest BCUT2D eigenvalue weighted by atomic mass is 19.1. The third-order valence-corrected chi connectivity index (χ3v) is 4.57. The Kier molecular flexibility index (Phi) is 6.50. The normalized spacial score (nSPS) is 10.7. The van der Waals surface area contributed by atoms with E-state index in [1.807, 2.05) is 0 Å². The Labute approximate surface area is 182 Å². The van der Waals surface area contributed by atoms with Crippen molar-refractivity contribution in [3.63, 3.8) is 0 Å². The lowest BCUT2D eigenvalue weighted by molar-refractivity contribution is -0.116. The second-order valence-electron chi connectivity index (χ2n) is 7.01. The molecule has 1 aromatic heterocycles. The lowest BCUT2D eigenvalue weighted by atomic mass is 10.2. The lowest BCUT2D eigenvalue weighted by Gasteiger charge is -2.09. The SMILES string of the molecule is O=C(CCc1nc(-c2ccc(F)cc2)no1)Nc1cccc(OCc2ccc(F)cc2)c1. The van der Waals surface area contributed by atoms with Gasteiger partial charge in [0.15, 0.2) is 0 Å². The third-order valence-electron chi connectivity index (χ3n) is 4.57. The first-order valence-electron chi connectivity index (χ1n) is 9.91. The summed E-state index contributed by atoms with van der Waals surface area (Å²) >= 11 is 0. The van der Waals surface area contributed by atoms with E-state index in [0.717, 1.165) is 5.56 Å². The zero-order valence-corrected chi connectivity index (χ0v) is 16.9. The zero-order chi connectivity index (χ0) is 22.3. The van der Waals surface area contributed by atoms with E-state index in [-0.39, 0.29) is 37.0 Å². The molecule has 6 nitrogen and oxygen atoms in total. The summed E-state index contributed by atoms with van der Waals surface area (Å²) in [6.07, 6.45) is 0.409. The number of ether oxygens (including phenoxy) is 1. The van der Waals surface area contributed by atoms with E-state index < -0.39 is 0 Å². The van der Waals surface area contributed by atoms with Gasteiger partial charge in [0.2, 0.25) is 17.6 Å². The monoisotopic (exact) mass is 435 g/mol. The first kappa shape index (κ1) is 21.2. The fraction of sp³-hybridized carbons (Fsp3) is 0.125. The molecular weight excluding hydrogens is 416 g/mol. The van der Waals surface area contributed by atoms with Crippen LogP contribution in [-0.4, -0.2) is 16.0 Å². The Balaban J connectivity index is 1.28. The molecule has 0 radical (unpaired) electrons. The Bertz CT molecular complexity index is 1190.